The molecule has 0 saturated heterocycles. The number of nitrogens with two attached hydrogens (primary N) is 1. The number of nitrogens with zero attached hydrogens (tertiary/aromatic N) is 4. The summed E-state index contributed by atoms with van der Waals surface area (Å²) in [5.41, 5.74) is 8.21. The molecule has 0 amide bonds. The number of ether oxygens (including phenoxy) is 1. The van der Waals surface area contributed by atoms with E-state index in [4.69, 9.17) is 10.5 Å². The van der Waals surface area contributed by atoms with E-state index in [2.05, 4.69) is 31.3 Å². The highest BCUT2D eigenvalue weighted by Gasteiger charge is 2.32. The number of pyridine rings is 1. The molecule has 8 heteroatoms. The van der Waals surface area contributed by atoms with Crippen LogP contribution in [0.1, 0.15) is 12.8 Å². The molecule has 0 aliphatic heterocycles. The average Bonchev–Trinajstić information content (AvgIpc) is 3.10. The zero-order chi connectivity index (χ0) is 18.9. The van der Waals surface area contributed by atoms with Crippen LogP contribution in [0.2, 0.25) is 0 Å². The molecule has 0 bridgehead atoms. The SMILES string of the molecule is Nc1ccc(-c2nccnc2O[C@H]2C[C@@H](Nc3nc4ccccc4s3)C2)cn1. The maximum atomic E-state index is 6.10. The lowest BCUT2D eigenvalue weighted by molar-refractivity contribution is 0.103. The van der Waals surface area contributed by atoms with Crippen LogP contribution >= 0.6 is 11.3 Å². The summed E-state index contributed by atoms with van der Waals surface area (Å²) in [5.74, 6) is 0.996. The minimum atomic E-state index is 0.101. The van der Waals surface area contributed by atoms with Crippen molar-refractivity contribution >= 4 is 32.5 Å². The fourth-order valence-electron chi connectivity index (χ4n) is 3.20. The molecule has 0 unspecified atom stereocenters. The van der Waals surface area contributed by atoms with Crippen LogP contribution in [-0.4, -0.2) is 32.1 Å². The van der Waals surface area contributed by atoms with Gasteiger partial charge in [0.25, 0.3) is 0 Å². The molecule has 3 aromatic heterocycles. The summed E-state index contributed by atoms with van der Waals surface area (Å²) in [6, 6.07) is 12.1. The van der Waals surface area contributed by atoms with Crippen molar-refractivity contribution in [3.05, 3.63) is 55.0 Å². The van der Waals surface area contributed by atoms with Gasteiger partial charge in [0.05, 0.1) is 10.2 Å². The lowest BCUT2D eigenvalue weighted by atomic mass is 9.89. The van der Waals surface area contributed by atoms with Gasteiger partial charge in [-0.25, -0.2) is 19.9 Å². The summed E-state index contributed by atoms with van der Waals surface area (Å²) in [6.07, 6.45) is 6.86. The summed E-state index contributed by atoms with van der Waals surface area (Å²) >= 11 is 1.68. The number of rotatable bonds is 5. The number of nitrogen functional groups attached to an aromatic ring is 1. The van der Waals surface area contributed by atoms with Crippen LogP contribution in [-0.2, 0) is 0 Å². The topological polar surface area (TPSA) is 98.8 Å². The van der Waals surface area contributed by atoms with Crippen LogP contribution in [0.4, 0.5) is 10.9 Å². The fourth-order valence-corrected chi connectivity index (χ4v) is 4.14. The summed E-state index contributed by atoms with van der Waals surface area (Å²) in [6.45, 7) is 0. The molecule has 3 N–H and O–H groups in total. The van der Waals surface area contributed by atoms with E-state index < -0.39 is 0 Å². The van der Waals surface area contributed by atoms with Gasteiger partial charge in [0, 0.05) is 43.0 Å². The van der Waals surface area contributed by atoms with Gasteiger partial charge in [-0.15, -0.1) is 0 Å². The number of para-hydroxylation sites is 1. The summed E-state index contributed by atoms with van der Waals surface area (Å²) in [4.78, 5) is 17.5. The minimum Gasteiger partial charge on any atom is -0.473 e. The summed E-state index contributed by atoms with van der Waals surface area (Å²) in [7, 11) is 0. The van der Waals surface area contributed by atoms with Gasteiger partial charge in [0.15, 0.2) is 5.13 Å². The first-order chi connectivity index (χ1) is 13.7. The Morgan fingerprint density at radius 2 is 1.89 bits per heavy atom. The molecular formula is C20H18N6OS. The molecule has 3 heterocycles. The first kappa shape index (κ1) is 16.9. The molecule has 0 atom stereocenters. The van der Waals surface area contributed by atoms with Gasteiger partial charge in [-0.3, -0.25) is 0 Å². The Bertz CT molecular complexity index is 1070. The number of hydrogen-bond acceptors (Lipinski definition) is 8. The number of fused-ring (bicyclic) bond motifs is 1. The molecule has 7 nitrogen and oxygen atoms in total. The Hall–Kier alpha value is -3.26. The van der Waals surface area contributed by atoms with E-state index >= 15 is 0 Å². The number of hydrogen-bond donors (Lipinski definition) is 2. The Morgan fingerprint density at radius 1 is 1.04 bits per heavy atom. The lowest BCUT2D eigenvalue weighted by Gasteiger charge is -2.35. The average molecular weight is 390 g/mol. The van der Waals surface area contributed by atoms with Crippen LogP contribution in [0.5, 0.6) is 5.88 Å². The third kappa shape index (κ3) is 3.34. The number of nitrogens with one attached hydrogen (secondary N) is 1. The Labute approximate surface area is 165 Å². The Kier molecular flexibility index (Phi) is 4.25. The predicted octanol–water partition coefficient (Wildman–Crippen LogP) is 3.75. The maximum absolute atomic E-state index is 6.10. The molecule has 140 valence electrons. The molecule has 1 fully saturated rings. The van der Waals surface area contributed by atoms with Crippen LogP contribution in [0, 0.1) is 0 Å². The molecule has 1 aromatic carbocycles. The van der Waals surface area contributed by atoms with E-state index in [9.17, 15) is 0 Å². The number of aromatic nitrogens is 4. The van der Waals surface area contributed by atoms with Crippen LogP contribution in [0.3, 0.4) is 0 Å². The molecule has 28 heavy (non-hydrogen) atoms. The Balaban J connectivity index is 1.23. The van der Waals surface area contributed by atoms with E-state index in [1.807, 2.05) is 24.3 Å². The van der Waals surface area contributed by atoms with Gasteiger partial charge < -0.3 is 15.8 Å². The van der Waals surface area contributed by atoms with Gasteiger partial charge in [-0.1, -0.05) is 23.5 Å². The van der Waals surface area contributed by atoms with E-state index in [-0.39, 0.29) is 6.10 Å². The smallest absolute Gasteiger partial charge is 0.240 e. The number of benzene rings is 1. The van der Waals surface area contributed by atoms with Crippen LogP contribution in [0.15, 0.2) is 55.0 Å². The summed E-state index contributed by atoms with van der Waals surface area (Å²) in [5, 5.41) is 4.46. The van der Waals surface area contributed by atoms with E-state index in [0.29, 0.717) is 23.4 Å². The third-order valence-corrected chi connectivity index (χ3v) is 5.69. The van der Waals surface area contributed by atoms with E-state index in [1.165, 1.54) is 4.70 Å². The highest BCUT2D eigenvalue weighted by atomic mass is 32.1. The lowest BCUT2D eigenvalue weighted by Crippen LogP contribution is -2.42. The van der Waals surface area contributed by atoms with Gasteiger partial charge in [0.1, 0.15) is 17.6 Å². The van der Waals surface area contributed by atoms with Crippen molar-refractivity contribution in [1.29, 1.82) is 0 Å². The molecule has 1 aliphatic rings. The van der Waals surface area contributed by atoms with Crippen molar-refractivity contribution in [2.24, 2.45) is 0 Å². The second kappa shape index (κ2) is 7.05. The molecule has 5 rings (SSSR count). The maximum Gasteiger partial charge on any atom is 0.240 e. The third-order valence-electron chi connectivity index (χ3n) is 4.72. The van der Waals surface area contributed by atoms with Crippen molar-refractivity contribution < 1.29 is 4.74 Å². The number of anilines is 2. The standard InChI is InChI=1S/C20H18N6OS/c21-17-6-5-12(11-24-17)18-19(23-8-7-22-18)27-14-9-13(10-14)25-20-26-15-3-1-2-4-16(15)28-20/h1-8,11,13-14H,9-10H2,(H2,21,24)(H,25,26)/t13-,14+. The van der Waals surface area contributed by atoms with E-state index in [1.54, 1.807) is 36.0 Å². The normalized spacial score (nSPS) is 18.6. The van der Waals surface area contributed by atoms with Crippen molar-refractivity contribution in [1.82, 2.24) is 19.9 Å². The zero-order valence-corrected chi connectivity index (χ0v) is 15.8. The molecular weight excluding hydrogens is 372 g/mol. The monoisotopic (exact) mass is 390 g/mol. The van der Waals surface area contributed by atoms with Gasteiger partial charge in [-0.05, 0) is 24.3 Å². The summed E-state index contributed by atoms with van der Waals surface area (Å²) < 4.78 is 7.30. The minimum absolute atomic E-state index is 0.101. The molecule has 4 aromatic rings. The van der Waals surface area contributed by atoms with Crippen molar-refractivity contribution in [3.8, 4) is 17.1 Å². The number of thiazole rings is 1. The quantitative estimate of drug-likeness (QED) is 0.535. The fraction of sp³-hybridized carbons (Fsp3) is 0.200. The van der Waals surface area contributed by atoms with E-state index in [0.717, 1.165) is 29.1 Å². The highest BCUT2D eigenvalue weighted by Crippen LogP contribution is 2.33. The van der Waals surface area contributed by atoms with Crippen molar-refractivity contribution in [2.75, 3.05) is 11.1 Å². The van der Waals surface area contributed by atoms with Crippen molar-refractivity contribution in [3.63, 3.8) is 0 Å². The first-order valence-corrected chi connectivity index (χ1v) is 9.88. The highest BCUT2D eigenvalue weighted by molar-refractivity contribution is 7.22. The largest absolute Gasteiger partial charge is 0.473 e. The second-order valence-corrected chi connectivity index (χ2v) is 7.75. The zero-order valence-electron chi connectivity index (χ0n) is 14.9. The molecule has 1 aliphatic carbocycles. The first-order valence-electron chi connectivity index (χ1n) is 9.06. The van der Waals surface area contributed by atoms with Gasteiger partial charge in [-0.2, -0.15) is 0 Å². The van der Waals surface area contributed by atoms with Gasteiger partial charge in [0.2, 0.25) is 5.88 Å². The van der Waals surface area contributed by atoms with Gasteiger partial charge >= 0.3 is 0 Å². The van der Waals surface area contributed by atoms with Crippen LogP contribution < -0.4 is 15.8 Å². The van der Waals surface area contributed by atoms with Crippen molar-refractivity contribution in [2.45, 2.75) is 25.0 Å². The predicted molar refractivity (Wildman–Crippen MR) is 110 cm³/mol. The molecule has 1 saturated carbocycles. The molecule has 0 radical (unpaired) electrons. The Morgan fingerprint density at radius 3 is 2.71 bits per heavy atom. The van der Waals surface area contributed by atoms with Crippen LogP contribution in [0.25, 0.3) is 21.5 Å². The molecule has 0 spiro atoms. The second-order valence-electron chi connectivity index (χ2n) is 6.72.